The largest absolute Gasteiger partial charge is 0.405 e. The lowest BCUT2D eigenvalue weighted by atomic mass is 10.0. The van der Waals surface area contributed by atoms with Crippen LogP contribution in [-0.2, 0) is 13.9 Å². The normalized spacial score (nSPS) is 25.8. The number of aliphatic hydroxyl groups excluding tert-OH is 1. The van der Waals surface area contributed by atoms with E-state index in [4.69, 9.17) is 13.9 Å². The first-order valence-corrected chi connectivity index (χ1v) is 11.8. The van der Waals surface area contributed by atoms with E-state index in [0.29, 0.717) is 6.61 Å². The predicted molar refractivity (Wildman–Crippen MR) is 114 cm³/mol. The first kappa shape index (κ1) is 21.2. The van der Waals surface area contributed by atoms with E-state index in [1.165, 1.54) is 10.4 Å². The number of aliphatic hydroxyl groups is 1. The Bertz CT molecular complexity index is 705. The van der Waals surface area contributed by atoms with Gasteiger partial charge in [-0.3, -0.25) is 0 Å². The van der Waals surface area contributed by atoms with E-state index in [-0.39, 0.29) is 17.1 Å². The van der Waals surface area contributed by atoms with Crippen LogP contribution in [0.4, 0.5) is 0 Å². The van der Waals surface area contributed by atoms with E-state index < -0.39 is 20.7 Å². The number of hydrogen-bond acceptors (Lipinski definition) is 4. The smallest absolute Gasteiger partial charge is 0.261 e. The van der Waals surface area contributed by atoms with Crippen LogP contribution in [0, 0.1) is 5.92 Å². The predicted octanol–water partition coefficient (Wildman–Crippen LogP) is 2.93. The lowest BCUT2D eigenvalue weighted by Gasteiger charge is -2.43. The first-order chi connectivity index (χ1) is 13.3. The highest BCUT2D eigenvalue weighted by atomic mass is 28.4. The van der Waals surface area contributed by atoms with Gasteiger partial charge >= 0.3 is 0 Å². The van der Waals surface area contributed by atoms with Gasteiger partial charge in [-0.2, -0.15) is 0 Å². The van der Waals surface area contributed by atoms with Crippen LogP contribution in [0.3, 0.4) is 0 Å². The molecule has 152 valence electrons. The number of benzene rings is 2. The molecule has 1 saturated heterocycles. The summed E-state index contributed by atoms with van der Waals surface area (Å²) in [6.07, 6.45) is -1.44. The van der Waals surface area contributed by atoms with Gasteiger partial charge in [-0.25, -0.2) is 0 Å². The average molecular weight is 401 g/mol. The molecule has 4 atom stereocenters. The van der Waals surface area contributed by atoms with Crippen molar-refractivity contribution in [3.05, 3.63) is 60.7 Å². The Hall–Kier alpha value is -1.50. The van der Waals surface area contributed by atoms with Crippen LogP contribution >= 0.6 is 0 Å². The summed E-state index contributed by atoms with van der Waals surface area (Å²) >= 11 is 0. The zero-order chi connectivity index (χ0) is 20.4. The molecule has 1 N–H and O–H groups in total. The van der Waals surface area contributed by atoms with E-state index in [9.17, 15) is 5.11 Å². The van der Waals surface area contributed by atoms with E-state index in [2.05, 4.69) is 69.3 Å². The highest BCUT2D eigenvalue weighted by Crippen LogP contribution is 2.38. The van der Waals surface area contributed by atoms with E-state index >= 15 is 0 Å². The maximum absolute atomic E-state index is 10.4. The third kappa shape index (κ3) is 3.82. The summed E-state index contributed by atoms with van der Waals surface area (Å²) in [6.45, 7) is 9.18. The van der Waals surface area contributed by atoms with Crippen molar-refractivity contribution in [2.45, 2.75) is 51.2 Å². The van der Waals surface area contributed by atoms with Crippen molar-refractivity contribution < 1.29 is 19.0 Å². The van der Waals surface area contributed by atoms with Gasteiger partial charge in [0.1, 0.15) is 6.10 Å². The van der Waals surface area contributed by atoms with Crippen LogP contribution in [-0.4, -0.2) is 45.6 Å². The van der Waals surface area contributed by atoms with Crippen molar-refractivity contribution in [1.82, 2.24) is 0 Å². The second-order valence-electron chi connectivity index (χ2n) is 8.60. The number of rotatable bonds is 6. The zero-order valence-corrected chi connectivity index (χ0v) is 18.5. The molecular formula is C23H32O4Si. The summed E-state index contributed by atoms with van der Waals surface area (Å²) < 4.78 is 18.1. The summed E-state index contributed by atoms with van der Waals surface area (Å²) in [5.74, 6) is -0.0526. The fourth-order valence-electron chi connectivity index (χ4n) is 4.20. The summed E-state index contributed by atoms with van der Waals surface area (Å²) in [4.78, 5) is 0. The topological polar surface area (TPSA) is 47.9 Å². The van der Waals surface area contributed by atoms with Crippen LogP contribution in [0.5, 0.6) is 0 Å². The van der Waals surface area contributed by atoms with Crippen LogP contribution in [0.1, 0.15) is 27.7 Å². The molecule has 28 heavy (non-hydrogen) atoms. The molecule has 1 aliphatic rings. The number of ether oxygens (including phenoxy) is 2. The number of methoxy groups -OCH3 is 1. The highest BCUT2D eigenvalue weighted by Gasteiger charge is 2.51. The minimum atomic E-state index is -2.60. The van der Waals surface area contributed by atoms with Gasteiger partial charge in [0, 0.05) is 13.0 Å². The Morgan fingerprint density at radius 1 is 0.964 bits per heavy atom. The summed E-state index contributed by atoms with van der Waals surface area (Å²) in [6, 6.07) is 21.1. The average Bonchev–Trinajstić information content (AvgIpc) is 2.97. The fraction of sp³-hybridized carbons (Fsp3) is 0.478. The second kappa shape index (κ2) is 8.47. The molecule has 2 aromatic carbocycles. The van der Waals surface area contributed by atoms with Crippen molar-refractivity contribution in [3.63, 3.8) is 0 Å². The zero-order valence-electron chi connectivity index (χ0n) is 17.5. The molecule has 3 rings (SSSR count). The Labute approximate surface area is 169 Å². The Morgan fingerprint density at radius 2 is 1.46 bits per heavy atom. The minimum absolute atomic E-state index is 0.0526. The summed E-state index contributed by atoms with van der Waals surface area (Å²) in [7, 11) is -1.04. The van der Waals surface area contributed by atoms with Gasteiger partial charge < -0.3 is 19.0 Å². The van der Waals surface area contributed by atoms with Crippen LogP contribution in [0.15, 0.2) is 60.7 Å². The van der Waals surface area contributed by atoms with Crippen molar-refractivity contribution in [2.75, 3.05) is 13.7 Å². The Kier molecular flexibility index (Phi) is 6.42. The molecule has 1 heterocycles. The van der Waals surface area contributed by atoms with Gasteiger partial charge in [-0.1, -0.05) is 88.4 Å². The van der Waals surface area contributed by atoms with Gasteiger partial charge in [0.05, 0.1) is 12.7 Å². The molecule has 4 nitrogen and oxygen atoms in total. The second-order valence-corrected chi connectivity index (χ2v) is 12.9. The first-order valence-electron chi connectivity index (χ1n) is 9.92. The maximum atomic E-state index is 10.4. The van der Waals surface area contributed by atoms with Crippen LogP contribution in [0.2, 0.25) is 5.04 Å². The van der Waals surface area contributed by atoms with Crippen molar-refractivity contribution in [3.8, 4) is 0 Å². The molecule has 0 radical (unpaired) electrons. The summed E-state index contributed by atoms with van der Waals surface area (Å²) in [5, 5.41) is 12.7. The van der Waals surface area contributed by atoms with Crippen molar-refractivity contribution in [2.24, 2.45) is 5.92 Å². The molecule has 0 saturated carbocycles. The third-order valence-corrected chi connectivity index (χ3v) is 10.8. The number of hydrogen-bond donors (Lipinski definition) is 1. The molecule has 0 aliphatic carbocycles. The molecule has 0 spiro atoms. The van der Waals surface area contributed by atoms with Gasteiger partial charge in [0.2, 0.25) is 0 Å². The van der Waals surface area contributed by atoms with Crippen molar-refractivity contribution >= 4 is 18.7 Å². The quantitative estimate of drug-likeness (QED) is 0.758. The van der Waals surface area contributed by atoms with Gasteiger partial charge in [-0.15, -0.1) is 0 Å². The standard InChI is InChI=1S/C23H32O4Si/c1-17-20(27-22(25-5)21(17)24)16-26-28(23(2,3)4,18-12-8-6-9-13-18)19-14-10-7-11-15-19/h6-15,17,20-22,24H,16H2,1-5H3/t17?,20-,21+,22?/m1/s1. The van der Waals surface area contributed by atoms with E-state index in [1.54, 1.807) is 7.11 Å². The molecule has 1 aliphatic heterocycles. The lowest BCUT2D eigenvalue weighted by molar-refractivity contribution is -0.152. The molecule has 1 fully saturated rings. The van der Waals surface area contributed by atoms with Crippen molar-refractivity contribution in [1.29, 1.82) is 0 Å². The molecule has 5 heteroatoms. The minimum Gasteiger partial charge on any atom is -0.405 e. The van der Waals surface area contributed by atoms with E-state index in [1.807, 2.05) is 19.1 Å². The van der Waals surface area contributed by atoms with Crippen LogP contribution < -0.4 is 10.4 Å². The molecule has 0 amide bonds. The lowest BCUT2D eigenvalue weighted by Crippen LogP contribution is -2.67. The maximum Gasteiger partial charge on any atom is 0.261 e. The van der Waals surface area contributed by atoms with Gasteiger partial charge in [-0.05, 0) is 15.4 Å². The van der Waals surface area contributed by atoms with Crippen LogP contribution in [0.25, 0.3) is 0 Å². The molecule has 2 unspecified atom stereocenters. The Morgan fingerprint density at radius 3 is 1.86 bits per heavy atom. The van der Waals surface area contributed by atoms with Gasteiger partial charge in [0.25, 0.3) is 8.32 Å². The SMILES string of the molecule is COC1O[C@H](CO[Si](c2ccccc2)(c2ccccc2)C(C)(C)C)C(C)[C@@H]1O. The van der Waals surface area contributed by atoms with E-state index in [0.717, 1.165) is 0 Å². The Balaban J connectivity index is 2.00. The molecule has 0 aromatic heterocycles. The highest BCUT2D eigenvalue weighted by molar-refractivity contribution is 6.99. The third-order valence-electron chi connectivity index (χ3n) is 5.83. The molecule has 0 bridgehead atoms. The van der Waals surface area contributed by atoms with Gasteiger partial charge in [0.15, 0.2) is 6.29 Å². The molecular weight excluding hydrogens is 368 g/mol. The summed E-state index contributed by atoms with van der Waals surface area (Å²) in [5.41, 5.74) is 0. The monoisotopic (exact) mass is 400 g/mol. The fourth-order valence-corrected chi connectivity index (χ4v) is 8.77. The molecule has 2 aromatic rings.